The van der Waals surface area contributed by atoms with Gasteiger partial charge in [-0.25, -0.2) is 0 Å². The van der Waals surface area contributed by atoms with Gasteiger partial charge in [-0.1, -0.05) is 39.3 Å². The molecule has 2 aliphatic heterocycles. The minimum Gasteiger partial charge on any atom is -0.393 e. The molecule has 0 amide bonds. The van der Waals surface area contributed by atoms with Crippen molar-refractivity contribution in [3.63, 3.8) is 0 Å². The molecule has 1 spiro atoms. The van der Waals surface area contributed by atoms with Gasteiger partial charge in [-0.15, -0.1) is 0 Å². The molecule has 2 saturated heterocycles. The topological polar surface area (TPSA) is 38.7 Å². The zero-order valence-corrected chi connectivity index (χ0v) is 19.5. The van der Waals surface area contributed by atoms with E-state index in [0.29, 0.717) is 34.7 Å². The second-order valence-corrected chi connectivity index (χ2v) is 12.7. The Morgan fingerprint density at radius 2 is 1.87 bits per heavy atom. The van der Waals surface area contributed by atoms with Crippen LogP contribution in [-0.2, 0) is 9.47 Å². The van der Waals surface area contributed by atoms with Crippen LogP contribution >= 0.6 is 0 Å². The smallest absolute Gasteiger partial charge is 0.171 e. The summed E-state index contributed by atoms with van der Waals surface area (Å²) in [6, 6.07) is 0. The Kier molecular flexibility index (Phi) is 4.44. The third-order valence-electron chi connectivity index (χ3n) is 11.3. The Balaban J connectivity index is 1.28. The first-order valence-corrected chi connectivity index (χ1v) is 13.0. The number of hydrogen-bond acceptors (Lipinski definition) is 3. The maximum atomic E-state index is 10.3. The van der Waals surface area contributed by atoms with Crippen LogP contribution in [-0.4, -0.2) is 29.7 Å². The Morgan fingerprint density at radius 1 is 1.03 bits per heavy atom. The molecule has 3 saturated carbocycles. The normalized spacial score (nSPS) is 59.8. The van der Waals surface area contributed by atoms with Gasteiger partial charge in [0.1, 0.15) is 0 Å². The molecule has 6 rings (SSSR count). The Morgan fingerprint density at radius 3 is 2.63 bits per heavy atom. The summed E-state index contributed by atoms with van der Waals surface area (Å²) in [7, 11) is 0. The number of aliphatic hydroxyl groups excluding tert-OH is 1. The molecule has 30 heavy (non-hydrogen) atoms. The van der Waals surface area contributed by atoms with Gasteiger partial charge in [-0.3, -0.25) is 0 Å². The SMILES string of the molecule is C[C@@H]1CC[C@@]2(OC1)O[C@@H]1C[C@H]3[C@@H]4CC=C5C[C@@H](O)CC[C@]5(C)[C@H]4CC[C@]3(C)[C@H]1[C@H]2C. The van der Waals surface area contributed by atoms with Crippen molar-refractivity contribution in [3.8, 4) is 0 Å². The molecular weight excluding hydrogens is 372 g/mol. The van der Waals surface area contributed by atoms with E-state index in [0.717, 1.165) is 43.6 Å². The van der Waals surface area contributed by atoms with E-state index in [-0.39, 0.29) is 11.9 Å². The van der Waals surface area contributed by atoms with E-state index in [4.69, 9.17) is 9.47 Å². The summed E-state index contributed by atoms with van der Waals surface area (Å²) in [5.41, 5.74) is 2.31. The summed E-state index contributed by atoms with van der Waals surface area (Å²) in [6.07, 6.45) is 13.5. The molecule has 1 N–H and O–H groups in total. The van der Waals surface area contributed by atoms with Crippen molar-refractivity contribution >= 4 is 0 Å². The monoisotopic (exact) mass is 414 g/mol. The fourth-order valence-corrected chi connectivity index (χ4v) is 9.66. The molecule has 5 fully saturated rings. The number of fused-ring (bicyclic) bond motifs is 7. The highest BCUT2D eigenvalue weighted by Gasteiger charge is 2.68. The first-order valence-electron chi connectivity index (χ1n) is 13.0. The van der Waals surface area contributed by atoms with Crippen LogP contribution < -0.4 is 0 Å². The Labute approximate surface area is 183 Å². The highest BCUT2D eigenvalue weighted by atomic mass is 16.7. The average molecular weight is 415 g/mol. The molecule has 168 valence electrons. The molecule has 11 atom stereocenters. The van der Waals surface area contributed by atoms with Crippen molar-refractivity contribution in [1.29, 1.82) is 0 Å². The molecule has 6 aliphatic rings. The molecule has 0 unspecified atom stereocenters. The summed E-state index contributed by atoms with van der Waals surface area (Å²) in [6.45, 7) is 10.8. The zero-order chi connectivity index (χ0) is 20.9. The summed E-state index contributed by atoms with van der Waals surface area (Å²) < 4.78 is 13.3. The number of rotatable bonds is 0. The van der Waals surface area contributed by atoms with E-state index in [1.54, 1.807) is 5.57 Å². The predicted octanol–water partition coefficient (Wildman–Crippen LogP) is 5.71. The van der Waals surface area contributed by atoms with Gasteiger partial charge in [-0.2, -0.15) is 0 Å². The van der Waals surface area contributed by atoms with Crippen LogP contribution in [0.1, 0.15) is 85.5 Å². The lowest BCUT2D eigenvalue weighted by molar-refractivity contribution is -0.272. The molecular formula is C27H42O3. The minimum absolute atomic E-state index is 0.107. The second-order valence-electron chi connectivity index (χ2n) is 12.7. The summed E-state index contributed by atoms with van der Waals surface area (Å²) in [5, 5.41) is 10.3. The molecule has 4 aliphatic carbocycles. The van der Waals surface area contributed by atoms with Crippen molar-refractivity contribution in [2.45, 2.75) is 103 Å². The third-order valence-corrected chi connectivity index (χ3v) is 11.3. The molecule has 0 aromatic heterocycles. The van der Waals surface area contributed by atoms with E-state index in [2.05, 4.69) is 33.8 Å². The largest absolute Gasteiger partial charge is 0.393 e. The van der Waals surface area contributed by atoms with Gasteiger partial charge in [0.2, 0.25) is 0 Å². The number of allylic oxidation sites excluding steroid dienone is 1. The van der Waals surface area contributed by atoms with Crippen molar-refractivity contribution < 1.29 is 14.6 Å². The zero-order valence-electron chi connectivity index (χ0n) is 19.5. The molecule has 0 bridgehead atoms. The number of hydrogen-bond donors (Lipinski definition) is 1. The van der Waals surface area contributed by atoms with Gasteiger partial charge < -0.3 is 14.6 Å². The van der Waals surface area contributed by atoms with Gasteiger partial charge >= 0.3 is 0 Å². The second kappa shape index (κ2) is 6.58. The van der Waals surface area contributed by atoms with Crippen LogP contribution in [0, 0.1) is 46.3 Å². The maximum Gasteiger partial charge on any atom is 0.171 e. The summed E-state index contributed by atoms with van der Waals surface area (Å²) >= 11 is 0. The molecule has 2 heterocycles. The van der Waals surface area contributed by atoms with Gasteiger partial charge in [0, 0.05) is 12.3 Å². The third kappa shape index (κ3) is 2.55. The maximum absolute atomic E-state index is 10.3. The fourth-order valence-electron chi connectivity index (χ4n) is 9.66. The van der Waals surface area contributed by atoms with Crippen molar-refractivity contribution in [2.75, 3.05) is 6.61 Å². The summed E-state index contributed by atoms with van der Waals surface area (Å²) in [5.74, 6) is 3.94. The molecule has 0 aromatic rings. The van der Waals surface area contributed by atoms with E-state index in [1.807, 2.05) is 0 Å². The number of aliphatic hydroxyl groups is 1. The van der Waals surface area contributed by atoms with Gasteiger partial charge in [0.15, 0.2) is 5.79 Å². The average Bonchev–Trinajstić information content (AvgIpc) is 3.16. The number of ether oxygens (including phenoxy) is 2. The van der Waals surface area contributed by atoms with E-state index in [9.17, 15) is 5.11 Å². The lowest BCUT2D eigenvalue weighted by Gasteiger charge is -2.58. The van der Waals surface area contributed by atoms with Crippen LogP contribution in [0.2, 0.25) is 0 Å². The Hall–Kier alpha value is -0.380. The van der Waals surface area contributed by atoms with Crippen LogP contribution in [0.5, 0.6) is 0 Å². The van der Waals surface area contributed by atoms with Crippen LogP contribution in [0.4, 0.5) is 0 Å². The lowest BCUT2D eigenvalue weighted by Crippen LogP contribution is -2.52. The fraction of sp³-hybridized carbons (Fsp3) is 0.926. The first-order chi connectivity index (χ1) is 14.3. The van der Waals surface area contributed by atoms with E-state index >= 15 is 0 Å². The van der Waals surface area contributed by atoms with Gasteiger partial charge in [-0.05, 0) is 91.8 Å². The molecule has 0 aromatic carbocycles. The highest BCUT2D eigenvalue weighted by molar-refractivity contribution is 5.26. The summed E-state index contributed by atoms with van der Waals surface area (Å²) in [4.78, 5) is 0. The first kappa shape index (κ1) is 20.2. The predicted molar refractivity (Wildman–Crippen MR) is 118 cm³/mol. The lowest BCUT2D eigenvalue weighted by atomic mass is 9.47. The van der Waals surface area contributed by atoms with Crippen LogP contribution in [0.25, 0.3) is 0 Å². The quantitative estimate of drug-likeness (QED) is 0.516. The van der Waals surface area contributed by atoms with Crippen molar-refractivity contribution in [3.05, 3.63) is 11.6 Å². The van der Waals surface area contributed by atoms with Crippen LogP contribution in [0.15, 0.2) is 11.6 Å². The van der Waals surface area contributed by atoms with Gasteiger partial charge in [0.05, 0.1) is 18.8 Å². The standard InChI is InChI=1S/C27H42O3/c1-16-7-12-27(29-15-16)17(2)24-23(30-27)14-22-20-6-5-18-13-19(28)8-10-25(18,3)21(20)9-11-26(22,24)4/h5,16-17,19-24,28H,6-15H2,1-4H3/t16-,17-,19+,20-,21+,22+,23-,24+,25+,26+,27-/m1/s1. The molecule has 3 heteroatoms. The molecule has 0 radical (unpaired) electrons. The van der Waals surface area contributed by atoms with Crippen LogP contribution in [0.3, 0.4) is 0 Å². The minimum atomic E-state index is -0.294. The highest BCUT2D eigenvalue weighted by Crippen LogP contribution is 2.70. The Bertz CT molecular complexity index is 736. The van der Waals surface area contributed by atoms with E-state index < -0.39 is 0 Å². The van der Waals surface area contributed by atoms with Gasteiger partial charge in [0.25, 0.3) is 0 Å². The van der Waals surface area contributed by atoms with Crippen molar-refractivity contribution in [1.82, 2.24) is 0 Å². The van der Waals surface area contributed by atoms with E-state index in [1.165, 1.54) is 38.5 Å². The van der Waals surface area contributed by atoms with Crippen molar-refractivity contribution in [2.24, 2.45) is 46.3 Å². The molecule has 3 nitrogen and oxygen atoms in total.